The number of benzene rings is 1. The van der Waals surface area contributed by atoms with Crippen LogP contribution in [0.1, 0.15) is 50.7 Å². The summed E-state index contributed by atoms with van der Waals surface area (Å²) in [6.45, 7) is 4.80. The van der Waals surface area contributed by atoms with Crippen molar-refractivity contribution in [2.45, 2.75) is 45.1 Å². The van der Waals surface area contributed by atoms with E-state index in [9.17, 15) is 5.11 Å². The van der Waals surface area contributed by atoms with Gasteiger partial charge in [0.2, 0.25) is 0 Å². The highest BCUT2D eigenvalue weighted by Gasteiger charge is 2.33. The highest BCUT2D eigenvalue weighted by Crippen LogP contribution is 2.41. The highest BCUT2D eigenvalue weighted by atomic mass is 16.5. The Morgan fingerprint density at radius 2 is 2.04 bits per heavy atom. The Labute approximate surface area is 163 Å². The molecule has 152 valence electrons. The van der Waals surface area contributed by atoms with Gasteiger partial charge in [-0.15, -0.1) is 0 Å². The Kier molecular flexibility index (Phi) is 8.88. The Morgan fingerprint density at radius 3 is 2.70 bits per heavy atom. The molecule has 2 rings (SSSR count). The minimum absolute atomic E-state index is 0.254. The summed E-state index contributed by atoms with van der Waals surface area (Å²) in [6.07, 6.45) is 5.41. The van der Waals surface area contributed by atoms with E-state index in [2.05, 4.69) is 10.6 Å². The van der Waals surface area contributed by atoms with Gasteiger partial charge in [-0.1, -0.05) is 25.0 Å². The Hall–Kier alpha value is -1.79. The van der Waals surface area contributed by atoms with Crippen LogP contribution in [-0.4, -0.2) is 51.5 Å². The van der Waals surface area contributed by atoms with Crippen molar-refractivity contribution in [1.82, 2.24) is 10.6 Å². The van der Waals surface area contributed by atoms with E-state index in [-0.39, 0.29) is 5.41 Å². The standard InChI is InChI=1S/C21H35N3O3/c1-4-22-20(24-16-21(12-13-26-2)10-5-6-11-21)23-15-19(25)17-8-7-9-18(14-17)27-3/h7-9,14,19,25H,4-6,10-13,15-16H2,1-3H3,(H2,22,23,24). The molecule has 0 spiro atoms. The average molecular weight is 378 g/mol. The van der Waals surface area contributed by atoms with Crippen molar-refractivity contribution in [1.29, 1.82) is 0 Å². The lowest BCUT2D eigenvalue weighted by atomic mass is 9.83. The fourth-order valence-corrected chi connectivity index (χ4v) is 3.68. The van der Waals surface area contributed by atoms with Crippen molar-refractivity contribution in [2.75, 3.05) is 40.5 Å². The van der Waals surface area contributed by atoms with Gasteiger partial charge in [0, 0.05) is 33.4 Å². The second kappa shape index (κ2) is 11.1. The summed E-state index contributed by atoms with van der Waals surface area (Å²) in [5.41, 5.74) is 1.08. The molecule has 6 nitrogen and oxygen atoms in total. The largest absolute Gasteiger partial charge is 0.497 e. The topological polar surface area (TPSA) is 75.1 Å². The summed E-state index contributed by atoms with van der Waals surface area (Å²) in [4.78, 5) is 4.82. The van der Waals surface area contributed by atoms with Crippen molar-refractivity contribution in [2.24, 2.45) is 10.4 Å². The van der Waals surface area contributed by atoms with E-state index in [0.717, 1.165) is 43.4 Å². The van der Waals surface area contributed by atoms with Gasteiger partial charge >= 0.3 is 0 Å². The van der Waals surface area contributed by atoms with Gasteiger partial charge < -0.3 is 25.2 Å². The fourth-order valence-electron chi connectivity index (χ4n) is 3.68. The van der Waals surface area contributed by atoms with Gasteiger partial charge in [0.1, 0.15) is 5.75 Å². The molecule has 0 heterocycles. The molecule has 1 saturated carbocycles. The number of guanidine groups is 1. The second-order valence-corrected chi connectivity index (χ2v) is 7.32. The van der Waals surface area contributed by atoms with E-state index >= 15 is 0 Å². The third-order valence-electron chi connectivity index (χ3n) is 5.36. The molecule has 6 heteroatoms. The zero-order valence-electron chi connectivity index (χ0n) is 17.0. The van der Waals surface area contributed by atoms with Crippen LogP contribution in [0.3, 0.4) is 0 Å². The van der Waals surface area contributed by atoms with Gasteiger partial charge in [-0.05, 0) is 49.3 Å². The van der Waals surface area contributed by atoms with Gasteiger partial charge in [-0.25, -0.2) is 0 Å². The lowest BCUT2D eigenvalue weighted by Crippen LogP contribution is -2.40. The maximum atomic E-state index is 10.5. The second-order valence-electron chi connectivity index (χ2n) is 7.32. The molecule has 1 aliphatic carbocycles. The molecule has 0 aliphatic heterocycles. The molecular formula is C21H35N3O3. The highest BCUT2D eigenvalue weighted by molar-refractivity contribution is 5.79. The number of aliphatic imine (C=N–C) groups is 1. The van der Waals surface area contributed by atoms with Crippen LogP contribution in [0.5, 0.6) is 5.75 Å². The molecule has 3 N–H and O–H groups in total. The Balaban J connectivity index is 1.95. The van der Waals surface area contributed by atoms with Gasteiger partial charge in [-0.2, -0.15) is 0 Å². The Bertz CT molecular complexity index is 586. The van der Waals surface area contributed by atoms with Crippen LogP contribution in [-0.2, 0) is 4.74 Å². The van der Waals surface area contributed by atoms with Crippen LogP contribution in [0.4, 0.5) is 0 Å². The molecule has 0 radical (unpaired) electrons. The van der Waals surface area contributed by atoms with Gasteiger partial charge in [0.15, 0.2) is 5.96 Å². The van der Waals surface area contributed by atoms with Crippen LogP contribution >= 0.6 is 0 Å². The third kappa shape index (κ3) is 6.70. The molecule has 1 aliphatic rings. The molecule has 0 amide bonds. The first kappa shape index (κ1) is 21.5. The summed E-state index contributed by atoms with van der Waals surface area (Å²) < 4.78 is 10.5. The van der Waals surface area contributed by atoms with Crippen LogP contribution in [0.25, 0.3) is 0 Å². The molecule has 1 fully saturated rings. The van der Waals surface area contributed by atoms with Gasteiger partial charge in [-0.3, -0.25) is 4.99 Å². The number of ether oxygens (including phenoxy) is 2. The molecule has 1 aromatic rings. The number of hydrogen-bond donors (Lipinski definition) is 3. The SMILES string of the molecule is CCNC(=NCC1(CCOC)CCCC1)NCC(O)c1cccc(OC)c1. The summed E-state index contributed by atoms with van der Waals surface area (Å²) in [5, 5.41) is 17.0. The molecule has 1 unspecified atom stereocenters. The van der Waals surface area contributed by atoms with Crippen molar-refractivity contribution in [3.8, 4) is 5.75 Å². The van der Waals surface area contributed by atoms with E-state index in [1.54, 1.807) is 14.2 Å². The average Bonchev–Trinajstić information content (AvgIpc) is 3.17. The van der Waals surface area contributed by atoms with Gasteiger partial charge in [0.05, 0.1) is 13.2 Å². The minimum atomic E-state index is -0.627. The molecule has 1 aromatic carbocycles. The quantitative estimate of drug-likeness (QED) is 0.432. The van der Waals surface area contributed by atoms with Crippen molar-refractivity contribution < 1.29 is 14.6 Å². The number of nitrogens with zero attached hydrogens (tertiary/aromatic N) is 1. The predicted octanol–water partition coefficient (Wildman–Crippen LogP) is 2.88. The Morgan fingerprint density at radius 1 is 1.26 bits per heavy atom. The van der Waals surface area contributed by atoms with Crippen molar-refractivity contribution in [3.63, 3.8) is 0 Å². The first-order valence-electron chi connectivity index (χ1n) is 9.95. The summed E-state index contributed by atoms with van der Waals surface area (Å²) >= 11 is 0. The van der Waals surface area contributed by atoms with E-state index in [1.165, 1.54) is 25.7 Å². The number of rotatable bonds is 10. The summed E-state index contributed by atoms with van der Waals surface area (Å²) in [6, 6.07) is 7.51. The molecule has 0 bridgehead atoms. The number of methoxy groups -OCH3 is 2. The zero-order valence-corrected chi connectivity index (χ0v) is 17.0. The molecular weight excluding hydrogens is 342 g/mol. The maximum Gasteiger partial charge on any atom is 0.191 e. The molecule has 27 heavy (non-hydrogen) atoms. The smallest absolute Gasteiger partial charge is 0.191 e. The molecule has 1 atom stereocenters. The lowest BCUT2D eigenvalue weighted by Gasteiger charge is -2.27. The van der Waals surface area contributed by atoms with Crippen LogP contribution < -0.4 is 15.4 Å². The van der Waals surface area contributed by atoms with E-state index < -0.39 is 6.10 Å². The molecule has 0 aromatic heterocycles. The normalized spacial score (nSPS) is 17.6. The minimum Gasteiger partial charge on any atom is -0.497 e. The molecule has 0 saturated heterocycles. The van der Waals surface area contributed by atoms with E-state index in [0.29, 0.717) is 6.54 Å². The van der Waals surface area contributed by atoms with Crippen molar-refractivity contribution in [3.05, 3.63) is 29.8 Å². The maximum absolute atomic E-state index is 10.5. The first-order chi connectivity index (χ1) is 13.1. The number of aliphatic hydroxyl groups excluding tert-OH is 1. The summed E-state index contributed by atoms with van der Waals surface area (Å²) in [5.74, 6) is 1.50. The van der Waals surface area contributed by atoms with Gasteiger partial charge in [0.25, 0.3) is 0 Å². The lowest BCUT2D eigenvalue weighted by molar-refractivity contribution is 0.141. The van der Waals surface area contributed by atoms with E-state index in [1.807, 2.05) is 31.2 Å². The third-order valence-corrected chi connectivity index (χ3v) is 5.36. The monoisotopic (exact) mass is 377 g/mol. The number of hydrogen-bond acceptors (Lipinski definition) is 4. The van der Waals surface area contributed by atoms with Crippen molar-refractivity contribution >= 4 is 5.96 Å². The fraction of sp³-hybridized carbons (Fsp3) is 0.667. The predicted molar refractivity (Wildman–Crippen MR) is 109 cm³/mol. The number of nitrogens with one attached hydrogen (secondary N) is 2. The summed E-state index contributed by atoms with van der Waals surface area (Å²) in [7, 11) is 3.39. The van der Waals surface area contributed by atoms with E-state index in [4.69, 9.17) is 14.5 Å². The van der Waals surface area contributed by atoms with Crippen LogP contribution in [0.15, 0.2) is 29.3 Å². The number of aliphatic hydroxyl groups is 1. The zero-order chi connectivity index (χ0) is 19.5. The van der Waals surface area contributed by atoms with Crippen LogP contribution in [0, 0.1) is 5.41 Å². The first-order valence-corrected chi connectivity index (χ1v) is 9.95. The van der Waals surface area contributed by atoms with Crippen LogP contribution in [0.2, 0.25) is 0 Å².